The van der Waals surface area contributed by atoms with E-state index in [0.717, 1.165) is 39.3 Å². The summed E-state index contributed by atoms with van der Waals surface area (Å²) in [6, 6.07) is 0. The van der Waals surface area contributed by atoms with E-state index in [-0.39, 0.29) is 0 Å². The van der Waals surface area contributed by atoms with Crippen molar-refractivity contribution in [3.63, 3.8) is 0 Å². The summed E-state index contributed by atoms with van der Waals surface area (Å²) in [5, 5.41) is 13.3. The van der Waals surface area contributed by atoms with E-state index in [2.05, 4.69) is 24.8 Å². The number of aliphatic hydroxyl groups is 1. The van der Waals surface area contributed by atoms with Gasteiger partial charge in [-0.25, -0.2) is 9.97 Å². The highest BCUT2D eigenvalue weighted by atomic mass is 32.1. The zero-order chi connectivity index (χ0) is 17.1. The molecule has 2 N–H and O–H groups in total. The van der Waals surface area contributed by atoms with E-state index >= 15 is 0 Å². The molecule has 0 aromatic carbocycles. The molecule has 2 saturated heterocycles. The molecule has 0 unspecified atom stereocenters. The van der Waals surface area contributed by atoms with Gasteiger partial charge in [0.2, 0.25) is 0 Å². The summed E-state index contributed by atoms with van der Waals surface area (Å²) in [6.45, 7) is 6.53. The number of rotatable bonds is 5. The first kappa shape index (κ1) is 17.1. The van der Waals surface area contributed by atoms with E-state index in [9.17, 15) is 5.11 Å². The summed E-state index contributed by atoms with van der Waals surface area (Å²) in [5.41, 5.74) is 1.51. The first-order valence-corrected chi connectivity index (χ1v) is 10.1. The van der Waals surface area contributed by atoms with Gasteiger partial charge in [0.25, 0.3) is 0 Å². The molecule has 2 aromatic heterocycles. The quantitative estimate of drug-likeness (QED) is 0.852. The van der Waals surface area contributed by atoms with Gasteiger partial charge in [-0.05, 0) is 44.3 Å². The van der Waals surface area contributed by atoms with Crippen molar-refractivity contribution in [2.24, 2.45) is 11.3 Å². The average Bonchev–Trinajstić information content (AvgIpc) is 3.33. The van der Waals surface area contributed by atoms with Crippen LogP contribution in [0.2, 0.25) is 0 Å². The Kier molecular flexibility index (Phi) is 5.17. The summed E-state index contributed by atoms with van der Waals surface area (Å²) >= 11 is 1.72. The molecule has 2 aliphatic heterocycles. The third-order valence-electron chi connectivity index (χ3n) is 6.13. The fourth-order valence-electron chi connectivity index (χ4n) is 4.53. The number of hydrogen-bond donors (Lipinski definition) is 2. The maximum Gasteiger partial charge on any atom is 0.107 e. The highest BCUT2D eigenvalue weighted by Gasteiger charge is 2.44. The number of aliphatic hydroxyl groups excluding tert-OH is 1. The molecule has 7 heteroatoms. The summed E-state index contributed by atoms with van der Waals surface area (Å²) in [7, 11) is 0. The number of piperidine rings is 2. The average molecular weight is 362 g/mol. The lowest BCUT2D eigenvalue weighted by Gasteiger charge is -2.51. The lowest BCUT2D eigenvalue weighted by atomic mass is 9.64. The maximum absolute atomic E-state index is 10.1. The van der Waals surface area contributed by atoms with Crippen LogP contribution in [0.15, 0.2) is 24.1 Å². The van der Waals surface area contributed by atoms with Crippen LogP contribution >= 0.6 is 11.3 Å². The van der Waals surface area contributed by atoms with Gasteiger partial charge in [-0.3, -0.25) is 9.80 Å². The fraction of sp³-hybridized carbons (Fsp3) is 0.667. The number of aromatic nitrogens is 3. The molecule has 0 bridgehead atoms. The molecule has 0 saturated carbocycles. The summed E-state index contributed by atoms with van der Waals surface area (Å²) in [4.78, 5) is 16.7. The zero-order valence-corrected chi connectivity index (χ0v) is 15.4. The molecule has 2 fully saturated rings. The minimum absolute atomic E-state index is 0.301. The maximum atomic E-state index is 10.1. The molecule has 6 nitrogen and oxygen atoms in total. The van der Waals surface area contributed by atoms with Crippen molar-refractivity contribution in [2.75, 3.05) is 32.8 Å². The minimum Gasteiger partial charge on any atom is -0.396 e. The standard InChI is InChI=1S/C18H27N5OS/c24-13-15-10-23(12-17-20-4-8-25-17)7-3-18(15)1-5-22(6-2-18)11-16-9-19-14-21-16/h4,8-9,14-15,24H,1-3,5-7,10-13H2,(H,19,21)/t15-/m0/s1. The second-order valence-corrected chi connectivity index (χ2v) is 8.48. The minimum atomic E-state index is 0.301. The van der Waals surface area contributed by atoms with E-state index in [4.69, 9.17) is 0 Å². The van der Waals surface area contributed by atoms with Crippen molar-refractivity contribution >= 4 is 11.3 Å². The van der Waals surface area contributed by atoms with Gasteiger partial charge < -0.3 is 10.1 Å². The number of likely N-dealkylation sites (tertiary alicyclic amines) is 2. The molecule has 4 heterocycles. The van der Waals surface area contributed by atoms with Gasteiger partial charge in [0.05, 0.1) is 12.9 Å². The van der Waals surface area contributed by atoms with Crippen molar-refractivity contribution < 1.29 is 5.11 Å². The number of imidazole rings is 1. The Bertz CT molecular complexity index is 628. The Morgan fingerprint density at radius 1 is 1.20 bits per heavy atom. The third-order valence-corrected chi connectivity index (χ3v) is 6.90. The second kappa shape index (κ2) is 7.53. The van der Waals surface area contributed by atoms with Crippen LogP contribution in [0.3, 0.4) is 0 Å². The van der Waals surface area contributed by atoms with Gasteiger partial charge in [0.1, 0.15) is 5.01 Å². The van der Waals surface area contributed by atoms with Crippen LogP contribution in [-0.2, 0) is 13.1 Å². The van der Waals surface area contributed by atoms with Crippen molar-refractivity contribution in [1.29, 1.82) is 0 Å². The summed E-state index contributed by atoms with van der Waals surface area (Å²) < 4.78 is 0. The smallest absolute Gasteiger partial charge is 0.107 e. The van der Waals surface area contributed by atoms with Gasteiger partial charge in [0, 0.05) is 49.1 Å². The molecule has 0 amide bonds. The first-order valence-electron chi connectivity index (χ1n) is 9.19. The van der Waals surface area contributed by atoms with Gasteiger partial charge >= 0.3 is 0 Å². The lowest BCUT2D eigenvalue weighted by Crippen LogP contribution is -2.53. The molecule has 1 spiro atoms. The molecule has 25 heavy (non-hydrogen) atoms. The van der Waals surface area contributed by atoms with Crippen molar-refractivity contribution in [3.8, 4) is 0 Å². The third kappa shape index (κ3) is 3.79. The van der Waals surface area contributed by atoms with Crippen LogP contribution in [0.1, 0.15) is 30.0 Å². The van der Waals surface area contributed by atoms with E-state index in [1.807, 2.05) is 17.8 Å². The number of nitrogens with zero attached hydrogens (tertiary/aromatic N) is 4. The Balaban J connectivity index is 1.34. The molecule has 2 aromatic rings. The Morgan fingerprint density at radius 3 is 2.64 bits per heavy atom. The molecule has 0 radical (unpaired) electrons. The molecular weight excluding hydrogens is 334 g/mol. The predicted octanol–water partition coefficient (Wildman–Crippen LogP) is 1.96. The number of nitrogens with one attached hydrogen (secondary N) is 1. The van der Waals surface area contributed by atoms with Crippen LogP contribution in [0.25, 0.3) is 0 Å². The SMILES string of the molecule is OC[C@@H]1CN(Cc2nccs2)CCC12CCN(Cc1cnc[nH]1)CC2. The molecule has 2 aliphatic rings. The lowest BCUT2D eigenvalue weighted by molar-refractivity contribution is -0.0451. The van der Waals surface area contributed by atoms with Crippen LogP contribution in [0, 0.1) is 11.3 Å². The Labute approximate surface area is 152 Å². The van der Waals surface area contributed by atoms with Crippen molar-refractivity contribution in [2.45, 2.75) is 32.4 Å². The predicted molar refractivity (Wildman–Crippen MR) is 98.1 cm³/mol. The first-order chi connectivity index (χ1) is 12.3. The zero-order valence-electron chi connectivity index (χ0n) is 14.6. The highest BCUT2D eigenvalue weighted by Crippen LogP contribution is 2.45. The molecule has 4 rings (SSSR count). The molecule has 136 valence electrons. The summed E-state index contributed by atoms with van der Waals surface area (Å²) in [5.74, 6) is 0.385. The van der Waals surface area contributed by atoms with Gasteiger partial charge in [-0.15, -0.1) is 11.3 Å². The molecule has 1 atom stereocenters. The van der Waals surface area contributed by atoms with Gasteiger partial charge in [-0.2, -0.15) is 0 Å². The van der Waals surface area contributed by atoms with Crippen LogP contribution in [-0.4, -0.2) is 62.6 Å². The van der Waals surface area contributed by atoms with Crippen molar-refractivity contribution in [1.82, 2.24) is 24.8 Å². The van der Waals surface area contributed by atoms with E-state index in [0.29, 0.717) is 17.9 Å². The largest absolute Gasteiger partial charge is 0.396 e. The normalized spacial score (nSPS) is 24.8. The molecular formula is C18H27N5OS. The molecule has 0 aliphatic carbocycles. The number of H-pyrrole nitrogens is 1. The van der Waals surface area contributed by atoms with E-state index < -0.39 is 0 Å². The van der Waals surface area contributed by atoms with Crippen LogP contribution < -0.4 is 0 Å². The van der Waals surface area contributed by atoms with E-state index in [1.165, 1.54) is 30.0 Å². The summed E-state index contributed by atoms with van der Waals surface area (Å²) in [6.07, 6.45) is 9.12. The Morgan fingerprint density at radius 2 is 2.00 bits per heavy atom. The Hall–Kier alpha value is -1.28. The number of aromatic amines is 1. The highest BCUT2D eigenvalue weighted by molar-refractivity contribution is 7.09. The van der Waals surface area contributed by atoms with Crippen molar-refractivity contribution in [3.05, 3.63) is 34.8 Å². The van der Waals surface area contributed by atoms with Gasteiger partial charge in [-0.1, -0.05) is 0 Å². The number of thiazole rings is 1. The number of hydrogen-bond acceptors (Lipinski definition) is 6. The topological polar surface area (TPSA) is 68.3 Å². The fourth-order valence-corrected chi connectivity index (χ4v) is 5.18. The monoisotopic (exact) mass is 361 g/mol. The van der Waals surface area contributed by atoms with Gasteiger partial charge in [0.15, 0.2) is 0 Å². The van der Waals surface area contributed by atoms with E-state index in [1.54, 1.807) is 17.7 Å². The van der Waals surface area contributed by atoms with Crippen LogP contribution in [0.4, 0.5) is 0 Å². The second-order valence-electron chi connectivity index (χ2n) is 7.51. The van der Waals surface area contributed by atoms with Crippen LogP contribution in [0.5, 0.6) is 0 Å².